The maximum absolute atomic E-state index is 6.05. The van der Waals surface area contributed by atoms with E-state index in [1.165, 1.54) is 43.6 Å². The van der Waals surface area contributed by atoms with E-state index >= 15 is 0 Å². The first-order chi connectivity index (χ1) is 9.56. The Hall–Kier alpha value is -0.570. The third-order valence-corrected chi connectivity index (χ3v) is 4.59. The van der Waals surface area contributed by atoms with E-state index in [1.807, 2.05) is 6.07 Å². The minimum atomic E-state index is 0.583. The summed E-state index contributed by atoms with van der Waals surface area (Å²) in [6, 6.07) is 6.84. The highest BCUT2D eigenvalue weighted by Gasteiger charge is 2.19. The SMILES string of the molecule is Cc1cc(Cl)ccc1CN(CC1CCNCC1)C(C)C. The first kappa shape index (κ1) is 15.8. The van der Waals surface area contributed by atoms with Gasteiger partial charge >= 0.3 is 0 Å². The normalized spacial score (nSPS) is 17.1. The van der Waals surface area contributed by atoms with E-state index in [9.17, 15) is 0 Å². The molecular formula is C17H27ClN2. The molecule has 112 valence electrons. The van der Waals surface area contributed by atoms with Crippen LogP contribution in [0.15, 0.2) is 18.2 Å². The minimum Gasteiger partial charge on any atom is -0.317 e. The number of benzene rings is 1. The van der Waals surface area contributed by atoms with Crippen molar-refractivity contribution in [3.8, 4) is 0 Å². The third kappa shape index (κ3) is 4.47. The van der Waals surface area contributed by atoms with Gasteiger partial charge in [0.2, 0.25) is 0 Å². The summed E-state index contributed by atoms with van der Waals surface area (Å²) < 4.78 is 0. The van der Waals surface area contributed by atoms with Crippen LogP contribution in [-0.2, 0) is 6.54 Å². The second-order valence-electron chi connectivity index (χ2n) is 6.29. The predicted molar refractivity (Wildman–Crippen MR) is 87.3 cm³/mol. The molecule has 0 amide bonds. The zero-order chi connectivity index (χ0) is 14.5. The molecule has 1 heterocycles. The first-order valence-corrected chi connectivity index (χ1v) is 8.14. The van der Waals surface area contributed by atoms with Gasteiger partial charge in [-0.25, -0.2) is 0 Å². The summed E-state index contributed by atoms with van der Waals surface area (Å²) in [5.74, 6) is 0.839. The van der Waals surface area contributed by atoms with Gasteiger partial charge in [0.25, 0.3) is 0 Å². The van der Waals surface area contributed by atoms with E-state index in [1.54, 1.807) is 0 Å². The van der Waals surface area contributed by atoms with Crippen molar-refractivity contribution in [3.05, 3.63) is 34.3 Å². The van der Waals surface area contributed by atoms with Crippen LogP contribution in [0.25, 0.3) is 0 Å². The van der Waals surface area contributed by atoms with E-state index in [0.29, 0.717) is 6.04 Å². The maximum Gasteiger partial charge on any atom is 0.0408 e. The molecule has 2 rings (SSSR count). The van der Waals surface area contributed by atoms with E-state index in [0.717, 1.165) is 17.5 Å². The van der Waals surface area contributed by atoms with Crippen LogP contribution in [0, 0.1) is 12.8 Å². The van der Waals surface area contributed by atoms with Crippen molar-refractivity contribution in [1.29, 1.82) is 0 Å². The van der Waals surface area contributed by atoms with E-state index in [-0.39, 0.29) is 0 Å². The minimum absolute atomic E-state index is 0.583. The molecule has 3 heteroatoms. The highest BCUT2D eigenvalue weighted by molar-refractivity contribution is 6.30. The lowest BCUT2D eigenvalue weighted by atomic mass is 9.96. The Morgan fingerprint density at radius 1 is 1.30 bits per heavy atom. The topological polar surface area (TPSA) is 15.3 Å². The zero-order valence-electron chi connectivity index (χ0n) is 13.0. The fourth-order valence-electron chi connectivity index (χ4n) is 2.91. The van der Waals surface area contributed by atoms with E-state index < -0.39 is 0 Å². The fraction of sp³-hybridized carbons (Fsp3) is 0.647. The standard InChI is InChI=1S/C17H27ClN2/c1-13(2)20(11-15-6-8-19-9-7-15)12-16-4-5-17(18)10-14(16)3/h4-5,10,13,15,19H,6-9,11-12H2,1-3H3. The largest absolute Gasteiger partial charge is 0.317 e. The zero-order valence-corrected chi connectivity index (χ0v) is 13.7. The number of rotatable bonds is 5. The molecule has 1 fully saturated rings. The van der Waals surface area contributed by atoms with Crippen LogP contribution in [0.3, 0.4) is 0 Å². The number of hydrogen-bond acceptors (Lipinski definition) is 2. The number of nitrogens with zero attached hydrogens (tertiary/aromatic N) is 1. The molecule has 0 atom stereocenters. The van der Waals surface area contributed by atoms with Gasteiger partial charge in [0.05, 0.1) is 0 Å². The maximum atomic E-state index is 6.05. The lowest BCUT2D eigenvalue weighted by molar-refractivity contribution is 0.161. The molecule has 2 nitrogen and oxygen atoms in total. The van der Waals surface area contributed by atoms with Crippen molar-refractivity contribution >= 4 is 11.6 Å². The van der Waals surface area contributed by atoms with Gasteiger partial charge in [0.15, 0.2) is 0 Å². The Morgan fingerprint density at radius 3 is 2.60 bits per heavy atom. The number of aryl methyl sites for hydroxylation is 1. The molecule has 1 N–H and O–H groups in total. The summed E-state index contributed by atoms with van der Waals surface area (Å²) in [5.41, 5.74) is 2.70. The van der Waals surface area contributed by atoms with Crippen LogP contribution in [0.2, 0.25) is 5.02 Å². The van der Waals surface area contributed by atoms with Crippen molar-refractivity contribution in [3.63, 3.8) is 0 Å². The molecule has 20 heavy (non-hydrogen) atoms. The first-order valence-electron chi connectivity index (χ1n) is 7.76. The molecule has 1 saturated heterocycles. The predicted octanol–water partition coefficient (Wildman–Crippen LogP) is 3.86. The monoisotopic (exact) mass is 294 g/mol. The van der Waals surface area contributed by atoms with Gasteiger partial charge in [-0.1, -0.05) is 17.7 Å². The van der Waals surface area contributed by atoms with Gasteiger partial charge in [-0.15, -0.1) is 0 Å². The number of piperidine rings is 1. The molecule has 0 spiro atoms. The Morgan fingerprint density at radius 2 is 2.00 bits per heavy atom. The molecule has 1 aromatic carbocycles. The van der Waals surface area contributed by atoms with E-state index in [4.69, 9.17) is 11.6 Å². The quantitative estimate of drug-likeness (QED) is 0.887. The lowest BCUT2D eigenvalue weighted by Crippen LogP contribution is -2.39. The van der Waals surface area contributed by atoms with Crippen LogP contribution in [0.1, 0.15) is 37.8 Å². The van der Waals surface area contributed by atoms with Crippen molar-refractivity contribution in [2.75, 3.05) is 19.6 Å². The molecular weight excluding hydrogens is 268 g/mol. The molecule has 0 aliphatic carbocycles. The smallest absolute Gasteiger partial charge is 0.0408 e. The average Bonchev–Trinajstić information content (AvgIpc) is 2.42. The Labute approximate surface area is 128 Å². The summed E-state index contributed by atoms with van der Waals surface area (Å²) >= 11 is 6.05. The Balaban J connectivity index is 2.01. The Bertz CT molecular complexity index is 425. The van der Waals surface area contributed by atoms with Gasteiger partial charge in [-0.3, -0.25) is 4.90 Å². The second kappa shape index (κ2) is 7.44. The number of hydrogen-bond donors (Lipinski definition) is 1. The molecule has 1 aromatic rings. The molecule has 1 aliphatic heterocycles. The van der Waals surface area contributed by atoms with Crippen LogP contribution in [0.5, 0.6) is 0 Å². The fourth-order valence-corrected chi connectivity index (χ4v) is 3.14. The van der Waals surface area contributed by atoms with Crippen molar-refractivity contribution in [2.45, 2.75) is 46.2 Å². The summed E-state index contributed by atoms with van der Waals surface area (Å²) in [5, 5.41) is 4.28. The summed E-state index contributed by atoms with van der Waals surface area (Å²) in [6.45, 7) is 11.3. The van der Waals surface area contributed by atoms with Crippen LogP contribution in [-0.4, -0.2) is 30.6 Å². The van der Waals surface area contributed by atoms with Crippen molar-refractivity contribution in [1.82, 2.24) is 10.2 Å². The van der Waals surface area contributed by atoms with Gasteiger partial charge in [-0.05, 0) is 75.9 Å². The third-order valence-electron chi connectivity index (χ3n) is 4.36. The summed E-state index contributed by atoms with van der Waals surface area (Å²) in [6.07, 6.45) is 2.62. The Kier molecular flexibility index (Phi) is 5.88. The second-order valence-corrected chi connectivity index (χ2v) is 6.72. The molecule has 0 unspecified atom stereocenters. The van der Waals surface area contributed by atoms with Gasteiger partial charge in [0.1, 0.15) is 0 Å². The molecule has 0 bridgehead atoms. The molecule has 1 aliphatic rings. The van der Waals surface area contributed by atoms with Crippen molar-refractivity contribution in [2.24, 2.45) is 5.92 Å². The van der Waals surface area contributed by atoms with Gasteiger partial charge in [0, 0.05) is 24.2 Å². The number of nitrogens with one attached hydrogen (secondary N) is 1. The summed E-state index contributed by atoms with van der Waals surface area (Å²) in [4.78, 5) is 2.60. The highest BCUT2D eigenvalue weighted by Crippen LogP contribution is 2.20. The van der Waals surface area contributed by atoms with Crippen LogP contribution < -0.4 is 5.32 Å². The van der Waals surface area contributed by atoms with Crippen LogP contribution >= 0.6 is 11.6 Å². The van der Waals surface area contributed by atoms with Gasteiger partial charge < -0.3 is 5.32 Å². The highest BCUT2D eigenvalue weighted by atomic mass is 35.5. The lowest BCUT2D eigenvalue weighted by Gasteiger charge is -2.33. The van der Waals surface area contributed by atoms with Crippen LogP contribution in [0.4, 0.5) is 0 Å². The number of halogens is 1. The molecule has 0 radical (unpaired) electrons. The average molecular weight is 295 g/mol. The van der Waals surface area contributed by atoms with Gasteiger partial charge in [-0.2, -0.15) is 0 Å². The van der Waals surface area contributed by atoms with E-state index in [2.05, 4.69) is 43.1 Å². The molecule has 0 aromatic heterocycles. The van der Waals surface area contributed by atoms with Crippen molar-refractivity contribution < 1.29 is 0 Å². The molecule has 0 saturated carbocycles. The summed E-state index contributed by atoms with van der Waals surface area (Å²) in [7, 11) is 0.